The van der Waals surface area contributed by atoms with Crippen molar-refractivity contribution in [3.63, 3.8) is 0 Å². The van der Waals surface area contributed by atoms with Gasteiger partial charge in [-0.1, -0.05) is 6.07 Å². The van der Waals surface area contributed by atoms with E-state index in [2.05, 4.69) is 10.3 Å². The van der Waals surface area contributed by atoms with Crippen molar-refractivity contribution in [1.29, 1.82) is 0 Å². The number of hydrogen-bond donors (Lipinski definition) is 2. The lowest BCUT2D eigenvalue weighted by molar-refractivity contribution is 0.0950. The maximum atomic E-state index is 12.0. The first kappa shape index (κ1) is 13.9. The Balaban J connectivity index is 2.04. The van der Waals surface area contributed by atoms with E-state index in [0.29, 0.717) is 17.8 Å². The predicted molar refractivity (Wildman–Crippen MR) is 80.6 cm³/mol. The van der Waals surface area contributed by atoms with E-state index in [1.54, 1.807) is 18.3 Å². The molecule has 2 aromatic rings. The summed E-state index contributed by atoms with van der Waals surface area (Å²) >= 11 is 0. The molecule has 1 aromatic heterocycles. The maximum Gasteiger partial charge on any atom is 0.251 e. The van der Waals surface area contributed by atoms with Gasteiger partial charge >= 0.3 is 0 Å². The Bertz CT molecular complexity index is 596. The van der Waals surface area contributed by atoms with Crippen LogP contribution >= 0.6 is 0 Å². The van der Waals surface area contributed by atoms with Crippen molar-refractivity contribution in [1.82, 2.24) is 10.3 Å². The van der Waals surface area contributed by atoms with Crippen molar-refractivity contribution in [2.45, 2.75) is 6.54 Å². The normalized spacial score (nSPS) is 10.1. The monoisotopic (exact) mass is 270 g/mol. The molecular weight excluding hydrogens is 252 g/mol. The molecule has 2 rings (SSSR count). The van der Waals surface area contributed by atoms with Crippen LogP contribution in [0.2, 0.25) is 0 Å². The minimum Gasteiger partial charge on any atom is -0.397 e. The van der Waals surface area contributed by atoms with Crippen LogP contribution in [-0.2, 0) is 6.54 Å². The lowest BCUT2D eigenvalue weighted by Gasteiger charge is -2.15. The summed E-state index contributed by atoms with van der Waals surface area (Å²) in [7, 11) is 3.82. The van der Waals surface area contributed by atoms with Gasteiger partial charge in [0.2, 0.25) is 0 Å². The zero-order valence-electron chi connectivity index (χ0n) is 11.6. The highest BCUT2D eigenvalue weighted by atomic mass is 16.1. The second-order valence-electron chi connectivity index (χ2n) is 4.67. The summed E-state index contributed by atoms with van der Waals surface area (Å²) in [5.41, 5.74) is 8.78. The zero-order valence-corrected chi connectivity index (χ0v) is 11.6. The average molecular weight is 270 g/mol. The molecule has 1 amide bonds. The first-order valence-corrected chi connectivity index (χ1v) is 6.33. The summed E-state index contributed by atoms with van der Waals surface area (Å²) in [5.74, 6) is -0.160. The van der Waals surface area contributed by atoms with E-state index in [9.17, 15) is 4.79 Å². The van der Waals surface area contributed by atoms with E-state index >= 15 is 0 Å². The summed E-state index contributed by atoms with van der Waals surface area (Å²) in [6.45, 7) is 0.398. The van der Waals surface area contributed by atoms with Crippen molar-refractivity contribution in [2.75, 3.05) is 24.7 Å². The number of nitrogen functional groups attached to an aromatic ring is 1. The predicted octanol–water partition coefficient (Wildman–Crippen LogP) is 1.66. The van der Waals surface area contributed by atoms with Crippen LogP contribution in [-0.4, -0.2) is 25.0 Å². The van der Waals surface area contributed by atoms with Crippen LogP contribution in [0.5, 0.6) is 0 Å². The Morgan fingerprint density at radius 2 is 2.10 bits per heavy atom. The third kappa shape index (κ3) is 3.26. The van der Waals surface area contributed by atoms with Gasteiger partial charge < -0.3 is 16.0 Å². The molecule has 0 saturated heterocycles. The number of aromatic nitrogens is 1. The molecule has 1 aromatic carbocycles. The molecule has 0 fully saturated rings. The molecule has 0 aliphatic rings. The number of hydrogen-bond acceptors (Lipinski definition) is 4. The van der Waals surface area contributed by atoms with E-state index in [4.69, 9.17) is 5.73 Å². The number of rotatable bonds is 4. The smallest absolute Gasteiger partial charge is 0.251 e. The number of benzene rings is 1. The van der Waals surface area contributed by atoms with E-state index < -0.39 is 0 Å². The third-order valence-corrected chi connectivity index (χ3v) is 2.93. The number of carbonyl (C=O) groups is 1. The Morgan fingerprint density at radius 1 is 1.30 bits per heavy atom. The number of carbonyl (C=O) groups excluding carboxylic acids is 1. The van der Waals surface area contributed by atoms with Crippen LogP contribution in [0, 0.1) is 0 Å². The van der Waals surface area contributed by atoms with E-state index in [-0.39, 0.29) is 5.91 Å². The van der Waals surface area contributed by atoms with Gasteiger partial charge in [-0.15, -0.1) is 0 Å². The fourth-order valence-corrected chi connectivity index (χ4v) is 1.88. The molecule has 3 N–H and O–H groups in total. The molecule has 104 valence electrons. The van der Waals surface area contributed by atoms with Crippen LogP contribution in [0.15, 0.2) is 42.6 Å². The molecule has 0 radical (unpaired) electrons. The van der Waals surface area contributed by atoms with Gasteiger partial charge in [0.25, 0.3) is 5.91 Å². The maximum absolute atomic E-state index is 12.0. The largest absolute Gasteiger partial charge is 0.397 e. The fraction of sp³-hybridized carbons (Fsp3) is 0.200. The average Bonchev–Trinajstić information content (AvgIpc) is 2.45. The molecule has 0 bridgehead atoms. The van der Waals surface area contributed by atoms with Gasteiger partial charge in [0.1, 0.15) is 0 Å². The number of anilines is 2. The van der Waals surface area contributed by atoms with E-state index in [1.807, 2.05) is 43.3 Å². The molecule has 1 heterocycles. The first-order valence-electron chi connectivity index (χ1n) is 6.33. The lowest BCUT2D eigenvalue weighted by atomic mass is 10.1. The van der Waals surface area contributed by atoms with Gasteiger partial charge in [0, 0.05) is 25.9 Å². The van der Waals surface area contributed by atoms with Crippen LogP contribution in [0.3, 0.4) is 0 Å². The molecule has 0 unspecified atom stereocenters. The number of nitrogens with one attached hydrogen (secondary N) is 1. The van der Waals surface area contributed by atoms with Gasteiger partial charge in [-0.3, -0.25) is 9.78 Å². The SMILES string of the molecule is CN(C)c1ccc(C(=O)NCc2ccccn2)cc1N. The van der Waals surface area contributed by atoms with Crippen molar-refractivity contribution in [3.05, 3.63) is 53.9 Å². The summed E-state index contributed by atoms with van der Waals surface area (Å²) in [4.78, 5) is 18.1. The highest BCUT2D eigenvalue weighted by Gasteiger charge is 2.09. The molecular formula is C15H18N4O. The minimum atomic E-state index is -0.160. The minimum absolute atomic E-state index is 0.160. The van der Waals surface area contributed by atoms with Crippen molar-refractivity contribution < 1.29 is 4.79 Å². The summed E-state index contributed by atoms with van der Waals surface area (Å²) in [5, 5.41) is 2.82. The van der Waals surface area contributed by atoms with Crippen LogP contribution < -0.4 is 16.0 Å². The molecule has 0 atom stereocenters. The number of amides is 1. The molecule has 0 saturated carbocycles. The highest BCUT2D eigenvalue weighted by molar-refractivity contribution is 5.96. The van der Waals surface area contributed by atoms with Gasteiger partial charge in [-0.2, -0.15) is 0 Å². The van der Waals surface area contributed by atoms with Crippen molar-refractivity contribution in [2.24, 2.45) is 0 Å². The molecule has 5 heteroatoms. The summed E-state index contributed by atoms with van der Waals surface area (Å²) in [6, 6.07) is 10.9. The van der Waals surface area contributed by atoms with Crippen molar-refractivity contribution in [3.8, 4) is 0 Å². The van der Waals surface area contributed by atoms with Gasteiger partial charge in [0.15, 0.2) is 0 Å². The molecule has 0 aliphatic carbocycles. The van der Waals surface area contributed by atoms with Gasteiger partial charge in [-0.05, 0) is 30.3 Å². The van der Waals surface area contributed by atoms with Gasteiger partial charge in [-0.25, -0.2) is 0 Å². The molecule has 0 spiro atoms. The first-order chi connectivity index (χ1) is 9.58. The standard InChI is InChI=1S/C15H18N4O/c1-19(2)14-7-6-11(9-13(14)16)15(20)18-10-12-5-3-4-8-17-12/h3-9H,10,16H2,1-2H3,(H,18,20). The summed E-state index contributed by atoms with van der Waals surface area (Å²) < 4.78 is 0. The van der Waals surface area contributed by atoms with Gasteiger partial charge in [0.05, 0.1) is 23.6 Å². The summed E-state index contributed by atoms with van der Waals surface area (Å²) in [6.07, 6.45) is 1.70. The van der Waals surface area contributed by atoms with Crippen molar-refractivity contribution >= 4 is 17.3 Å². The topological polar surface area (TPSA) is 71.2 Å². The number of pyridine rings is 1. The second kappa shape index (κ2) is 6.06. The number of nitrogens with zero attached hydrogens (tertiary/aromatic N) is 2. The van der Waals surface area contributed by atoms with Crippen LogP contribution in [0.25, 0.3) is 0 Å². The quantitative estimate of drug-likeness (QED) is 0.829. The Morgan fingerprint density at radius 3 is 2.70 bits per heavy atom. The van der Waals surface area contributed by atoms with E-state index in [0.717, 1.165) is 11.4 Å². The fourth-order valence-electron chi connectivity index (χ4n) is 1.88. The Labute approximate surface area is 118 Å². The second-order valence-corrected chi connectivity index (χ2v) is 4.67. The van der Waals surface area contributed by atoms with Crippen LogP contribution in [0.4, 0.5) is 11.4 Å². The molecule has 20 heavy (non-hydrogen) atoms. The molecule has 0 aliphatic heterocycles. The molecule has 5 nitrogen and oxygen atoms in total. The van der Waals surface area contributed by atoms with Crippen LogP contribution in [0.1, 0.15) is 16.1 Å². The zero-order chi connectivity index (χ0) is 14.5. The Kier molecular flexibility index (Phi) is 4.20. The number of nitrogens with two attached hydrogens (primary N) is 1. The highest BCUT2D eigenvalue weighted by Crippen LogP contribution is 2.22. The lowest BCUT2D eigenvalue weighted by Crippen LogP contribution is -2.23. The third-order valence-electron chi connectivity index (χ3n) is 2.93. The van der Waals surface area contributed by atoms with E-state index in [1.165, 1.54) is 0 Å². The Hall–Kier alpha value is -2.56.